The topological polar surface area (TPSA) is 36.4 Å². The summed E-state index contributed by atoms with van der Waals surface area (Å²) in [5.74, 6) is 0.641. The van der Waals surface area contributed by atoms with Crippen LogP contribution < -0.4 is 0 Å². The second-order valence-corrected chi connectivity index (χ2v) is 6.90. The van der Waals surface area contributed by atoms with E-state index in [4.69, 9.17) is 0 Å². The Balaban J connectivity index is 1.43. The molecule has 0 spiro atoms. The van der Waals surface area contributed by atoms with E-state index in [1.807, 2.05) is 12.4 Å². The molecule has 4 rings (SSSR count). The van der Waals surface area contributed by atoms with Gasteiger partial charge in [-0.15, -0.1) is 0 Å². The molecular formula is C20H24N2O. The molecule has 1 N–H and O–H groups in total. The molecule has 3 nitrogen and oxygen atoms in total. The Morgan fingerprint density at radius 3 is 2.26 bits per heavy atom. The number of hydrogen-bond acceptors (Lipinski definition) is 3. The highest BCUT2D eigenvalue weighted by Gasteiger charge is 2.33. The van der Waals surface area contributed by atoms with Crippen LogP contribution in [0.3, 0.4) is 0 Å². The van der Waals surface area contributed by atoms with E-state index < -0.39 is 0 Å². The summed E-state index contributed by atoms with van der Waals surface area (Å²) in [6.07, 6.45) is 7.68. The van der Waals surface area contributed by atoms with Crippen molar-refractivity contribution < 1.29 is 5.11 Å². The van der Waals surface area contributed by atoms with Gasteiger partial charge in [-0.1, -0.05) is 24.3 Å². The fraction of sp³-hybridized carbons (Fsp3) is 0.450. The number of hydrogen-bond donors (Lipinski definition) is 1. The minimum Gasteiger partial charge on any atom is -0.391 e. The van der Waals surface area contributed by atoms with Gasteiger partial charge in [-0.3, -0.25) is 9.88 Å². The highest BCUT2D eigenvalue weighted by atomic mass is 16.3. The minimum absolute atomic E-state index is 0.234. The summed E-state index contributed by atoms with van der Waals surface area (Å²) < 4.78 is 0. The van der Waals surface area contributed by atoms with E-state index in [9.17, 15) is 5.11 Å². The maximum Gasteiger partial charge on any atom is 0.0738 e. The Labute approximate surface area is 138 Å². The third-order valence-electron chi connectivity index (χ3n) is 5.60. The van der Waals surface area contributed by atoms with Gasteiger partial charge in [0.2, 0.25) is 0 Å². The normalized spacial score (nSPS) is 26.0. The number of benzene rings is 1. The Bertz CT molecular complexity index is 650. The van der Waals surface area contributed by atoms with Gasteiger partial charge in [-0.2, -0.15) is 0 Å². The molecule has 0 saturated carbocycles. The van der Waals surface area contributed by atoms with Crippen LogP contribution in [0, 0.1) is 0 Å². The van der Waals surface area contributed by atoms with Gasteiger partial charge in [0.25, 0.3) is 0 Å². The van der Waals surface area contributed by atoms with Crippen molar-refractivity contribution in [2.24, 2.45) is 0 Å². The smallest absolute Gasteiger partial charge is 0.0738 e. The van der Waals surface area contributed by atoms with Crippen molar-refractivity contribution in [1.82, 2.24) is 9.88 Å². The molecule has 1 aromatic heterocycles. The summed E-state index contributed by atoms with van der Waals surface area (Å²) in [5.41, 5.74) is 4.15. The molecule has 0 radical (unpaired) electrons. The number of fused-ring (bicyclic) bond motifs is 1. The van der Waals surface area contributed by atoms with Crippen molar-refractivity contribution >= 4 is 0 Å². The average Bonchev–Trinajstić information content (AvgIpc) is 2.62. The molecule has 1 saturated heterocycles. The monoisotopic (exact) mass is 308 g/mol. The fourth-order valence-electron chi connectivity index (χ4n) is 4.25. The van der Waals surface area contributed by atoms with Crippen LogP contribution in [0.25, 0.3) is 0 Å². The highest BCUT2D eigenvalue weighted by molar-refractivity contribution is 5.31. The zero-order valence-electron chi connectivity index (χ0n) is 13.4. The molecule has 2 atom stereocenters. The maximum atomic E-state index is 10.6. The minimum atomic E-state index is -0.234. The van der Waals surface area contributed by atoms with Crippen molar-refractivity contribution in [3.05, 3.63) is 65.5 Å². The molecule has 23 heavy (non-hydrogen) atoms. The van der Waals surface area contributed by atoms with Gasteiger partial charge >= 0.3 is 0 Å². The molecule has 0 bridgehead atoms. The van der Waals surface area contributed by atoms with Crippen molar-refractivity contribution in [1.29, 1.82) is 0 Å². The van der Waals surface area contributed by atoms with E-state index >= 15 is 0 Å². The zero-order valence-corrected chi connectivity index (χ0v) is 13.4. The van der Waals surface area contributed by atoms with E-state index in [2.05, 4.69) is 46.3 Å². The van der Waals surface area contributed by atoms with E-state index in [0.717, 1.165) is 25.9 Å². The van der Waals surface area contributed by atoms with Crippen LogP contribution in [-0.2, 0) is 12.8 Å². The average molecular weight is 308 g/mol. The first kappa shape index (κ1) is 14.9. The first-order valence-corrected chi connectivity index (χ1v) is 8.70. The third kappa shape index (κ3) is 3.04. The highest BCUT2D eigenvalue weighted by Crippen LogP contribution is 2.32. The molecule has 2 aromatic rings. The van der Waals surface area contributed by atoms with E-state index in [1.54, 1.807) is 0 Å². The molecule has 1 fully saturated rings. The van der Waals surface area contributed by atoms with Crippen LogP contribution in [0.5, 0.6) is 0 Å². The first-order chi connectivity index (χ1) is 11.3. The van der Waals surface area contributed by atoms with Gasteiger partial charge < -0.3 is 5.11 Å². The van der Waals surface area contributed by atoms with Crippen LogP contribution in [0.1, 0.15) is 35.4 Å². The Hall–Kier alpha value is -1.71. The second kappa shape index (κ2) is 6.42. The molecule has 1 aliphatic carbocycles. The quantitative estimate of drug-likeness (QED) is 0.927. The van der Waals surface area contributed by atoms with Gasteiger partial charge in [0.1, 0.15) is 0 Å². The maximum absolute atomic E-state index is 10.6. The van der Waals surface area contributed by atoms with Gasteiger partial charge in [-0.05, 0) is 67.1 Å². The van der Waals surface area contributed by atoms with Gasteiger partial charge in [-0.25, -0.2) is 0 Å². The lowest BCUT2D eigenvalue weighted by Gasteiger charge is -2.42. The number of aromatic nitrogens is 1. The Kier molecular flexibility index (Phi) is 4.15. The number of pyridine rings is 1. The van der Waals surface area contributed by atoms with Gasteiger partial charge in [0.15, 0.2) is 0 Å². The first-order valence-electron chi connectivity index (χ1n) is 8.70. The summed E-state index contributed by atoms with van der Waals surface area (Å²) >= 11 is 0. The lowest BCUT2D eigenvalue weighted by atomic mass is 9.83. The van der Waals surface area contributed by atoms with Crippen LogP contribution in [-0.4, -0.2) is 40.2 Å². The number of nitrogens with zero attached hydrogens (tertiary/aromatic N) is 2. The molecule has 2 heterocycles. The van der Waals surface area contributed by atoms with Gasteiger partial charge in [0.05, 0.1) is 6.10 Å². The van der Waals surface area contributed by atoms with Crippen molar-refractivity contribution in [3.8, 4) is 0 Å². The number of aliphatic hydroxyl groups excluding tert-OH is 1. The number of piperidine rings is 1. The summed E-state index contributed by atoms with van der Waals surface area (Å²) in [4.78, 5) is 6.63. The molecule has 120 valence electrons. The zero-order chi connectivity index (χ0) is 15.6. The lowest BCUT2D eigenvalue weighted by molar-refractivity contribution is 0.0294. The summed E-state index contributed by atoms with van der Waals surface area (Å²) in [5, 5.41) is 10.6. The van der Waals surface area contributed by atoms with Crippen LogP contribution in [0.4, 0.5) is 0 Å². The molecule has 1 aromatic carbocycles. The number of rotatable bonds is 2. The third-order valence-corrected chi connectivity index (χ3v) is 5.60. The summed E-state index contributed by atoms with van der Waals surface area (Å²) in [6.45, 7) is 2.16. The lowest BCUT2D eigenvalue weighted by Crippen LogP contribution is -2.50. The predicted octanol–water partition coefficient (Wildman–Crippen LogP) is 2.79. The Morgan fingerprint density at radius 2 is 1.57 bits per heavy atom. The van der Waals surface area contributed by atoms with Crippen LogP contribution >= 0.6 is 0 Å². The molecule has 2 aliphatic rings. The Morgan fingerprint density at radius 1 is 0.913 bits per heavy atom. The van der Waals surface area contributed by atoms with Crippen molar-refractivity contribution in [2.45, 2.75) is 43.7 Å². The predicted molar refractivity (Wildman–Crippen MR) is 91.4 cm³/mol. The summed E-state index contributed by atoms with van der Waals surface area (Å²) in [7, 11) is 0. The van der Waals surface area contributed by atoms with E-state index in [-0.39, 0.29) is 12.1 Å². The van der Waals surface area contributed by atoms with Crippen LogP contribution in [0.15, 0.2) is 48.8 Å². The van der Waals surface area contributed by atoms with Crippen molar-refractivity contribution in [3.63, 3.8) is 0 Å². The van der Waals surface area contributed by atoms with Crippen LogP contribution in [0.2, 0.25) is 0 Å². The largest absolute Gasteiger partial charge is 0.391 e. The fourth-order valence-corrected chi connectivity index (χ4v) is 4.25. The van der Waals surface area contributed by atoms with E-state index in [1.165, 1.54) is 29.5 Å². The molecule has 0 amide bonds. The van der Waals surface area contributed by atoms with Crippen molar-refractivity contribution in [2.75, 3.05) is 13.1 Å². The second-order valence-electron chi connectivity index (χ2n) is 6.90. The SMILES string of the molecule is O[C@@H]1Cc2ccccc2C[C@H]1N1CCC(c2ccncc2)CC1. The van der Waals surface area contributed by atoms with Gasteiger partial charge in [0, 0.05) is 24.9 Å². The molecular weight excluding hydrogens is 284 g/mol. The molecule has 0 unspecified atom stereocenters. The molecule has 1 aliphatic heterocycles. The summed E-state index contributed by atoms with van der Waals surface area (Å²) in [6, 6.07) is 13.1. The number of aliphatic hydroxyl groups is 1. The number of likely N-dealkylation sites (tertiary alicyclic amines) is 1. The standard InChI is InChI=1S/C20H24N2O/c23-20-14-18-4-2-1-3-17(18)13-19(20)22-11-7-16(8-12-22)15-5-9-21-10-6-15/h1-6,9-10,16,19-20,23H,7-8,11-14H2/t19-,20-/m1/s1. The molecule has 3 heteroatoms. The van der Waals surface area contributed by atoms with E-state index in [0.29, 0.717) is 5.92 Å².